The predicted octanol–water partition coefficient (Wildman–Crippen LogP) is 2.75. The van der Waals surface area contributed by atoms with E-state index in [2.05, 4.69) is 35.8 Å². The van der Waals surface area contributed by atoms with Crippen molar-refractivity contribution in [3.63, 3.8) is 0 Å². The van der Waals surface area contributed by atoms with Crippen LogP contribution in [0.2, 0.25) is 0 Å². The zero-order valence-electron chi connectivity index (χ0n) is 14.4. The molecule has 3 rings (SSSR count). The van der Waals surface area contributed by atoms with Crippen LogP contribution in [0, 0.1) is 5.92 Å². The van der Waals surface area contributed by atoms with Crippen molar-refractivity contribution in [2.45, 2.75) is 18.0 Å². The Morgan fingerprint density at radius 3 is 2.88 bits per heavy atom. The van der Waals surface area contributed by atoms with Gasteiger partial charge in [-0.05, 0) is 47.0 Å². The number of nitrogens with two attached hydrogens (primary N) is 1. The lowest BCUT2D eigenvalue weighted by atomic mass is 9.98. The number of thioether (sulfide) groups is 1. The van der Waals surface area contributed by atoms with Gasteiger partial charge in [-0.25, -0.2) is 9.97 Å². The molecule has 3 heterocycles. The van der Waals surface area contributed by atoms with Gasteiger partial charge in [-0.2, -0.15) is 0 Å². The number of amides is 1. The summed E-state index contributed by atoms with van der Waals surface area (Å²) in [6.07, 6.45) is 7.34. The standard InChI is InChI=1S/C17H20BrN5O2S/c1-26-17-21-9-13(18)16(22-17)23-6-3-11(4-7-23)10-25-12-2-5-20-14(8-12)15(19)24/h2,5,8-9,11H,3-4,6-7,10H2,1H3,(H2,19,24). The fourth-order valence-electron chi connectivity index (χ4n) is 2.82. The average molecular weight is 438 g/mol. The van der Waals surface area contributed by atoms with Gasteiger partial charge in [0, 0.05) is 31.5 Å². The molecule has 0 saturated carbocycles. The summed E-state index contributed by atoms with van der Waals surface area (Å²) < 4.78 is 6.75. The Kier molecular flexibility index (Phi) is 6.31. The van der Waals surface area contributed by atoms with Crippen LogP contribution in [-0.2, 0) is 0 Å². The van der Waals surface area contributed by atoms with E-state index in [1.165, 1.54) is 18.0 Å². The van der Waals surface area contributed by atoms with Crippen LogP contribution in [0.4, 0.5) is 5.82 Å². The van der Waals surface area contributed by atoms with Crippen molar-refractivity contribution in [2.75, 3.05) is 30.9 Å². The third kappa shape index (κ3) is 4.64. The quantitative estimate of drug-likeness (QED) is 0.548. The average Bonchev–Trinajstić information content (AvgIpc) is 2.67. The first-order chi connectivity index (χ1) is 12.6. The summed E-state index contributed by atoms with van der Waals surface area (Å²) in [5.41, 5.74) is 5.46. The van der Waals surface area contributed by atoms with Crippen molar-refractivity contribution in [1.29, 1.82) is 0 Å². The molecule has 2 aromatic rings. The number of hydrogen-bond donors (Lipinski definition) is 1. The number of carbonyl (C=O) groups excluding carboxylic acids is 1. The number of piperidine rings is 1. The Bertz CT molecular complexity index is 783. The molecule has 0 radical (unpaired) electrons. The summed E-state index contributed by atoms with van der Waals surface area (Å²) in [5.74, 6) is 1.48. The molecule has 2 aromatic heterocycles. The monoisotopic (exact) mass is 437 g/mol. The molecule has 1 saturated heterocycles. The first-order valence-electron chi connectivity index (χ1n) is 8.27. The summed E-state index contributed by atoms with van der Waals surface area (Å²) >= 11 is 5.08. The molecule has 0 atom stereocenters. The van der Waals surface area contributed by atoms with Crippen LogP contribution in [0.1, 0.15) is 23.3 Å². The zero-order chi connectivity index (χ0) is 18.5. The van der Waals surface area contributed by atoms with E-state index in [0.717, 1.165) is 41.4 Å². The molecule has 2 N–H and O–H groups in total. The van der Waals surface area contributed by atoms with Gasteiger partial charge >= 0.3 is 0 Å². The number of halogens is 1. The molecule has 9 heteroatoms. The largest absolute Gasteiger partial charge is 0.493 e. The van der Waals surface area contributed by atoms with Gasteiger partial charge in [-0.15, -0.1) is 0 Å². The highest BCUT2D eigenvalue weighted by Crippen LogP contribution is 2.29. The van der Waals surface area contributed by atoms with E-state index in [1.54, 1.807) is 12.1 Å². The molecule has 0 spiro atoms. The molecule has 7 nitrogen and oxygen atoms in total. The summed E-state index contributed by atoms with van der Waals surface area (Å²) in [7, 11) is 0. The summed E-state index contributed by atoms with van der Waals surface area (Å²) in [5, 5.41) is 0.775. The highest BCUT2D eigenvalue weighted by atomic mass is 79.9. The van der Waals surface area contributed by atoms with E-state index in [1.807, 2.05) is 12.5 Å². The summed E-state index contributed by atoms with van der Waals surface area (Å²) in [6, 6.07) is 3.32. The van der Waals surface area contributed by atoms with Crippen LogP contribution in [0.15, 0.2) is 34.2 Å². The number of nitrogens with zero attached hydrogens (tertiary/aromatic N) is 4. The van der Waals surface area contributed by atoms with Crippen molar-refractivity contribution >= 4 is 39.4 Å². The SMILES string of the molecule is CSc1ncc(Br)c(N2CCC(COc3ccnc(C(N)=O)c3)CC2)n1. The number of primary amides is 1. The van der Waals surface area contributed by atoms with Crippen molar-refractivity contribution in [3.8, 4) is 5.75 Å². The fourth-order valence-corrected chi connectivity index (χ4v) is 3.60. The second-order valence-electron chi connectivity index (χ2n) is 6.01. The Labute approximate surface area is 164 Å². The van der Waals surface area contributed by atoms with Gasteiger partial charge in [0.05, 0.1) is 11.1 Å². The van der Waals surface area contributed by atoms with Crippen LogP contribution >= 0.6 is 27.7 Å². The van der Waals surface area contributed by atoms with Crippen LogP contribution in [0.25, 0.3) is 0 Å². The zero-order valence-corrected chi connectivity index (χ0v) is 16.8. The second-order valence-corrected chi connectivity index (χ2v) is 7.64. The third-order valence-corrected chi connectivity index (χ3v) is 5.39. The highest BCUT2D eigenvalue weighted by molar-refractivity contribution is 9.10. The molecule has 1 aliphatic heterocycles. The van der Waals surface area contributed by atoms with Crippen molar-refractivity contribution < 1.29 is 9.53 Å². The van der Waals surface area contributed by atoms with Gasteiger partial charge in [0.15, 0.2) is 5.16 Å². The minimum Gasteiger partial charge on any atom is -0.493 e. The summed E-state index contributed by atoms with van der Waals surface area (Å²) in [6.45, 7) is 2.44. The van der Waals surface area contributed by atoms with Crippen molar-refractivity contribution in [1.82, 2.24) is 15.0 Å². The normalized spacial score (nSPS) is 15.1. The number of aromatic nitrogens is 3. The second kappa shape index (κ2) is 8.68. The molecule has 1 fully saturated rings. The van der Waals surface area contributed by atoms with E-state index in [0.29, 0.717) is 18.3 Å². The minimum absolute atomic E-state index is 0.218. The first-order valence-corrected chi connectivity index (χ1v) is 10.3. The lowest BCUT2D eigenvalue weighted by Crippen LogP contribution is -2.36. The Hall–Kier alpha value is -1.87. The Morgan fingerprint density at radius 1 is 1.42 bits per heavy atom. The molecule has 0 unspecified atom stereocenters. The van der Waals surface area contributed by atoms with Crippen LogP contribution in [0.5, 0.6) is 5.75 Å². The highest BCUT2D eigenvalue weighted by Gasteiger charge is 2.22. The van der Waals surface area contributed by atoms with E-state index in [4.69, 9.17) is 10.5 Å². The van der Waals surface area contributed by atoms with Gasteiger partial charge < -0.3 is 15.4 Å². The molecule has 138 valence electrons. The van der Waals surface area contributed by atoms with Gasteiger partial charge in [0.1, 0.15) is 17.3 Å². The third-order valence-electron chi connectivity index (χ3n) is 4.27. The Balaban J connectivity index is 1.54. The number of carbonyl (C=O) groups is 1. The van der Waals surface area contributed by atoms with Gasteiger partial charge in [0.2, 0.25) is 0 Å². The predicted molar refractivity (Wildman–Crippen MR) is 105 cm³/mol. The van der Waals surface area contributed by atoms with Crippen molar-refractivity contribution in [3.05, 3.63) is 34.7 Å². The molecule has 0 aromatic carbocycles. The molecular formula is C17H20BrN5O2S. The lowest BCUT2D eigenvalue weighted by Gasteiger charge is -2.33. The molecule has 0 bridgehead atoms. The van der Waals surface area contributed by atoms with Crippen LogP contribution < -0.4 is 15.4 Å². The number of ether oxygens (including phenoxy) is 1. The summed E-state index contributed by atoms with van der Waals surface area (Å²) in [4.78, 5) is 26.3. The number of hydrogen-bond acceptors (Lipinski definition) is 7. The first kappa shape index (κ1) is 18.9. The van der Waals surface area contributed by atoms with Crippen molar-refractivity contribution in [2.24, 2.45) is 11.7 Å². The smallest absolute Gasteiger partial charge is 0.267 e. The molecule has 1 aliphatic rings. The van der Waals surface area contributed by atoms with E-state index in [-0.39, 0.29) is 5.69 Å². The number of pyridine rings is 1. The molecule has 1 amide bonds. The maximum atomic E-state index is 11.2. The van der Waals surface area contributed by atoms with Crippen LogP contribution in [-0.4, -0.2) is 46.8 Å². The van der Waals surface area contributed by atoms with E-state index in [9.17, 15) is 4.79 Å². The number of anilines is 1. The number of rotatable bonds is 6. The molecular weight excluding hydrogens is 418 g/mol. The van der Waals surface area contributed by atoms with Gasteiger partial charge in [-0.3, -0.25) is 9.78 Å². The fraction of sp³-hybridized carbons (Fsp3) is 0.412. The van der Waals surface area contributed by atoms with Gasteiger partial charge in [-0.1, -0.05) is 11.8 Å². The minimum atomic E-state index is -0.552. The molecule has 26 heavy (non-hydrogen) atoms. The van der Waals surface area contributed by atoms with E-state index >= 15 is 0 Å². The Morgan fingerprint density at radius 2 is 2.19 bits per heavy atom. The maximum absolute atomic E-state index is 11.2. The van der Waals surface area contributed by atoms with E-state index < -0.39 is 5.91 Å². The lowest BCUT2D eigenvalue weighted by molar-refractivity contribution is 0.0995. The topological polar surface area (TPSA) is 94.2 Å². The van der Waals surface area contributed by atoms with Gasteiger partial charge in [0.25, 0.3) is 5.91 Å². The molecule has 0 aliphatic carbocycles. The maximum Gasteiger partial charge on any atom is 0.267 e. The van der Waals surface area contributed by atoms with Crippen LogP contribution in [0.3, 0.4) is 0 Å².